The Morgan fingerprint density at radius 3 is 1.29 bits per heavy atom. The van der Waals surface area contributed by atoms with Crippen molar-refractivity contribution >= 4 is 17.9 Å². The molecule has 126 valence electrons. The number of ketones is 1. The van der Waals surface area contributed by atoms with Gasteiger partial charge in [0, 0.05) is 6.42 Å². The molecule has 0 aliphatic rings. The fourth-order valence-electron chi connectivity index (χ4n) is 1.43. The summed E-state index contributed by atoms with van der Waals surface area (Å²) in [6, 6.07) is 21.1. The lowest BCUT2D eigenvalue weighted by Gasteiger charge is -2.00. The van der Waals surface area contributed by atoms with E-state index in [1.165, 1.54) is 11.1 Å². The number of rotatable bonds is 3. The molecular formula is C19H22N2O3. The predicted octanol–water partition coefficient (Wildman–Crippen LogP) is 4.06. The van der Waals surface area contributed by atoms with Crippen LogP contribution in [0.2, 0.25) is 0 Å². The van der Waals surface area contributed by atoms with Crippen LogP contribution in [0, 0.1) is 10.8 Å². The Balaban J connectivity index is 0. The molecule has 0 atom stereocenters. The van der Waals surface area contributed by atoms with Crippen molar-refractivity contribution in [3.63, 3.8) is 0 Å². The van der Waals surface area contributed by atoms with E-state index in [1.807, 2.05) is 6.92 Å². The minimum absolute atomic E-state index is 0.255. The second-order valence-corrected chi connectivity index (χ2v) is 4.41. The number of hydrogen-bond acceptors (Lipinski definition) is 5. The van der Waals surface area contributed by atoms with Gasteiger partial charge in [-0.3, -0.25) is 0 Å². The van der Waals surface area contributed by atoms with E-state index >= 15 is 0 Å². The molecule has 5 heteroatoms. The molecule has 2 rings (SSSR count). The summed E-state index contributed by atoms with van der Waals surface area (Å²) in [7, 11) is 0. The van der Waals surface area contributed by atoms with Crippen LogP contribution in [0.4, 0.5) is 0 Å². The van der Waals surface area contributed by atoms with E-state index in [9.17, 15) is 4.79 Å². The van der Waals surface area contributed by atoms with E-state index in [1.54, 1.807) is 6.92 Å². The van der Waals surface area contributed by atoms with Crippen LogP contribution in [0.3, 0.4) is 0 Å². The standard InChI is InChI=1S/C13H12.C4H8O.2CHNO/c1-3-7-12(8-4-1)11-13-9-5-2-6-10-13;1-3-4(2)5;2*2-1-3/h1-10H,11H2;3H2,1-2H3;2*2H. The molecule has 24 heavy (non-hydrogen) atoms. The summed E-state index contributed by atoms with van der Waals surface area (Å²) in [4.78, 5) is 26.5. The minimum Gasteiger partial charge on any atom is -0.300 e. The van der Waals surface area contributed by atoms with Crippen LogP contribution in [0.15, 0.2) is 60.7 Å². The number of nitrogens with one attached hydrogen (secondary N) is 2. The Bertz CT molecular complexity index is 564. The van der Waals surface area contributed by atoms with Gasteiger partial charge in [-0.15, -0.1) is 0 Å². The van der Waals surface area contributed by atoms with Gasteiger partial charge in [-0.25, -0.2) is 20.4 Å². The van der Waals surface area contributed by atoms with E-state index < -0.39 is 0 Å². The van der Waals surface area contributed by atoms with Crippen LogP contribution in [0.5, 0.6) is 0 Å². The maximum atomic E-state index is 9.81. The molecule has 0 spiro atoms. The summed E-state index contributed by atoms with van der Waals surface area (Å²) in [5.41, 5.74) is 2.74. The third-order valence-corrected chi connectivity index (χ3v) is 2.59. The van der Waals surface area contributed by atoms with Crippen molar-refractivity contribution in [2.45, 2.75) is 26.7 Å². The van der Waals surface area contributed by atoms with Crippen LogP contribution in [0.25, 0.3) is 0 Å². The van der Waals surface area contributed by atoms with Crippen molar-refractivity contribution in [2.75, 3.05) is 0 Å². The van der Waals surface area contributed by atoms with Crippen molar-refractivity contribution in [3.05, 3.63) is 71.8 Å². The highest BCUT2D eigenvalue weighted by Crippen LogP contribution is 2.07. The van der Waals surface area contributed by atoms with Crippen LogP contribution in [-0.4, -0.2) is 17.9 Å². The number of hydrogen-bond donors (Lipinski definition) is 2. The highest BCUT2D eigenvalue weighted by Gasteiger charge is 1.92. The lowest BCUT2D eigenvalue weighted by atomic mass is 10.1. The van der Waals surface area contributed by atoms with Gasteiger partial charge in [-0.1, -0.05) is 67.6 Å². The van der Waals surface area contributed by atoms with Crippen LogP contribution in [-0.2, 0) is 20.8 Å². The highest BCUT2D eigenvalue weighted by molar-refractivity contribution is 5.74. The fraction of sp³-hybridized carbons (Fsp3) is 0.211. The van der Waals surface area contributed by atoms with Crippen LogP contribution >= 0.6 is 0 Å². The first-order chi connectivity index (χ1) is 11.5. The minimum atomic E-state index is 0.255. The van der Waals surface area contributed by atoms with Gasteiger partial charge >= 0.3 is 0 Å². The summed E-state index contributed by atoms with van der Waals surface area (Å²) in [6.45, 7) is 3.43. The molecule has 5 nitrogen and oxygen atoms in total. The van der Waals surface area contributed by atoms with Gasteiger partial charge in [0.15, 0.2) is 0 Å². The van der Waals surface area contributed by atoms with Crippen molar-refractivity contribution in [1.29, 1.82) is 10.8 Å². The third-order valence-electron chi connectivity index (χ3n) is 2.59. The smallest absolute Gasteiger partial charge is 0.231 e. The number of carbonyl (C=O) groups excluding carboxylic acids is 3. The molecule has 0 aliphatic carbocycles. The lowest BCUT2D eigenvalue weighted by molar-refractivity contribution is -0.116. The topological polar surface area (TPSA) is 98.9 Å². The molecule has 0 aliphatic heterocycles. The zero-order valence-corrected chi connectivity index (χ0v) is 13.9. The fourth-order valence-corrected chi connectivity index (χ4v) is 1.43. The zero-order valence-electron chi connectivity index (χ0n) is 13.9. The molecule has 0 fully saturated rings. The van der Waals surface area contributed by atoms with Gasteiger partial charge in [0.1, 0.15) is 5.78 Å². The molecule has 2 aromatic rings. The second-order valence-electron chi connectivity index (χ2n) is 4.41. The van der Waals surface area contributed by atoms with Crippen molar-refractivity contribution in [2.24, 2.45) is 0 Å². The van der Waals surface area contributed by atoms with Gasteiger partial charge < -0.3 is 4.79 Å². The largest absolute Gasteiger partial charge is 0.300 e. The van der Waals surface area contributed by atoms with Crippen molar-refractivity contribution in [3.8, 4) is 0 Å². The monoisotopic (exact) mass is 326 g/mol. The Labute approximate surface area is 142 Å². The second kappa shape index (κ2) is 17.9. The molecule has 2 aromatic carbocycles. The number of carbonyl (C=O) groups is 1. The van der Waals surface area contributed by atoms with E-state index in [4.69, 9.17) is 20.4 Å². The number of benzene rings is 2. The maximum absolute atomic E-state index is 9.81. The van der Waals surface area contributed by atoms with E-state index in [2.05, 4.69) is 60.7 Å². The Hall–Kier alpha value is -3.13. The van der Waals surface area contributed by atoms with E-state index in [-0.39, 0.29) is 5.78 Å². The first-order valence-electron chi connectivity index (χ1n) is 7.20. The Morgan fingerprint density at radius 1 is 0.833 bits per heavy atom. The summed E-state index contributed by atoms with van der Waals surface area (Å²) in [6.07, 6.45) is 3.20. The number of Topliss-reactive ketones (excluding diaryl/α,β-unsaturated/α-hetero) is 1. The van der Waals surface area contributed by atoms with Crippen LogP contribution in [0.1, 0.15) is 31.4 Å². The average molecular weight is 326 g/mol. The predicted molar refractivity (Wildman–Crippen MR) is 93.5 cm³/mol. The Kier molecular flexibility index (Phi) is 17.3. The quantitative estimate of drug-likeness (QED) is 0.657. The van der Waals surface area contributed by atoms with Gasteiger partial charge in [0.05, 0.1) is 0 Å². The molecule has 0 aromatic heterocycles. The van der Waals surface area contributed by atoms with Gasteiger partial charge in [0.25, 0.3) is 0 Å². The van der Waals surface area contributed by atoms with Gasteiger partial charge in [-0.05, 0) is 24.5 Å². The highest BCUT2D eigenvalue weighted by atomic mass is 16.1. The first kappa shape index (κ1) is 23.1. The summed E-state index contributed by atoms with van der Waals surface area (Å²) < 4.78 is 0. The van der Waals surface area contributed by atoms with E-state index in [0.29, 0.717) is 6.42 Å². The lowest BCUT2D eigenvalue weighted by Crippen LogP contribution is -1.85. The molecule has 0 heterocycles. The van der Waals surface area contributed by atoms with Gasteiger partial charge in [0.2, 0.25) is 12.2 Å². The van der Waals surface area contributed by atoms with Gasteiger partial charge in [-0.2, -0.15) is 0 Å². The summed E-state index contributed by atoms with van der Waals surface area (Å²) in [5.74, 6) is 0.255. The molecule has 2 N–H and O–H groups in total. The molecule has 0 bridgehead atoms. The van der Waals surface area contributed by atoms with Crippen LogP contribution < -0.4 is 0 Å². The third kappa shape index (κ3) is 16.9. The molecule has 0 unspecified atom stereocenters. The Morgan fingerprint density at radius 2 is 1.08 bits per heavy atom. The maximum Gasteiger partial charge on any atom is 0.231 e. The summed E-state index contributed by atoms with van der Waals surface area (Å²) in [5, 5.41) is 10.8. The zero-order chi connectivity index (χ0) is 18.6. The molecule has 0 saturated heterocycles. The van der Waals surface area contributed by atoms with Crippen molar-refractivity contribution < 1.29 is 14.4 Å². The molecule has 0 amide bonds. The van der Waals surface area contributed by atoms with E-state index in [0.717, 1.165) is 18.6 Å². The normalized spacial score (nSPS) is 7.58. The average Bonchev–Trinajstić information content (AvgIpc) is 2.59. The molecule has 0 radical (unpaired) electrons. The van der Waals surface area contributed by atoms with Crippen molar-refractivity contribution in [1.82, 2.24) is 0 Å². The molecule has 0 saturated carbocycles. The molecular weight excluding hydrogens is 304 g/mol. The summed E-state index contributed by atoms with van der Waals surface area (Å²) >= 11 is 0. The SMILES string of the molecule is CCC(C)=O.N=C=O.N=C=O.c1ccc(Cc2ccccc2)cc1. The first-order valence-corrected chi connectivity index (χ1v) is 7.20. The number of isocyanates is 2.